The summed E-state index contributed by atoms with van der Waals surface area (Å²) >= 11 is 3.24. The molecule has 0 aliphatic heterocycles. The summed E-state index contributed by atoms with van der Waals surface area (Å²) < 4.78 is 1.58. The van der Waals surface area contributed by atoms with Crippen LogP contribution in [0, 0.1) is 0 Å². The molecule has 0 amide bonds. The van der Waals surface area contributed by atoms with Gasteiger partial charge in [0.2, 0.25) is 0 Å². The van der Waals surface area contributed by atoms with E-state index in [4.69, 9.17) is 0 Å². The van der Waals surface area contributed by atoms with Crippen LogP contribution in [0.1, 0.15) is 23.5 Å². The zero-order valence-corrected chi connectivity index (χ0v) is 12.9. The van der Waals surface area contributed by atoms with Gasteiger partial charge >= 0.3 is 0 Å². The van der Waals surface area contributed by atoms with Crippen molar-refractivity contribution in [3.05, 3.63) is 56.1 Å². The van der Waals surface area contributed by atoms with Gasteiger partial charge in [-0.15, -0.1) is 22.7 Å². The molecule has 0 N–H and O–H groups in total. The number of fused-ring (bicyclic) bond motifs is 1. The van der Waals surface area contributed by atoms with E-state index < -0.39 is 0 Å². The van der Waals surface area contributed by atoms with E-state index in [0.717, 1.165) is 10.7 Å². The molecule has 3 rings (SSSR count). The monoisotopic (exact) mass is 305 g/mol. The van der Waals surface area contributed by atoms with Gasteiger partial charge < -0.3 is 0 Å². The predicted octanol–water partition coefficient (Wildman–Crippen LogP) is 3.01. The highest BCUT2D eigenvalue weighted by Gasteiger charge is 2.14. The van der Waals surface area contributed by atoms with Crippen molar-refractivity contribution in [1.29, 1.82) is 0 Å². The maximum absolute atomic E-state index is 12.0. The normalized spacial score (nSPS) is 13.2. The molecule has 1 atom stereocenters. The van der Waals surface area contributed by atoms with Crippen molar-refractivity contribution in [2.45, 2.75) is 19.5 Å². The maximum atomic E-state index is 12.0. The van der Waals surface area contributed by atoms with E-state index in [1.807, 2.05) is 5.38 Å². The van der Waals surface area contributed by atoms with E-state index in [-0.39, 0.29) is 5.56 Å². The molecule has 6 heteroatoms. The minimum absolute atomic E-state index is 0.0107. The first kappa shape index (κ1) is 13.5. The minimum atomic E-state index is -0.0107. The SMILES string of the molecule is CC(c1cccs1)N(C)Cc1cc(=O)n2ccsc2n1. The van der Waals surface area contributed by atoms with E-state index in [9.17, 15) is 4.79 Å². The molecule has 0 saturated heterocycles. The minimum Gasteiger partial charge on any atom is -0.293 e. The lowest BCUT2D eigenvalue weighted by Gasteiger charge is -2.23. The molecule has 0 aliphatic carbocycles. The number of rotatable bonds is 4. The molecule has 0 spiro atoms. The fourth-order valence-corrected chi connectivity index (χ4v) is 3.69. The Labute approximate surface area is 124 Å². The van der Waals surface area contributed by atoms with Crippen LogP contribution in [0.15, 0.2) is 40.0 Å². The molecule has 4 nitrogen and oxygen atoms in total. The molecular weight excluding hydrogens is 290 g/mol. The molecule has 0 aromatic carbocycles. The lowest BCUT2D eigenvalue weighted by Crippen LogP contribution is -2.23. The van der Waals surface area contributed by atoms with Crippen LogP contribution in [0.5, 0.6) is 0 Å². The number of aromatic nitrogens is 2. The highest BCUT2D eigenvalue weighted by Crippen LogP contribution is 2.24. The Bertz CT molecular complexity index is 760. The number of nitrogens with zero attached hydrogens (tertiary/aromatic N) is 3. The molecule has 3 heterocycles. The fraction of sp³-hybridized carbons (Fsp3) is 0.286. The van der Waals surface area contributed by atoms with Gasteiger partial charge in [-0.25, -0.2) is 4.98 Å². The summed E-state index contributed by atoms with van der Waals surface area (Å²) in [6.07, 6.45) is 1.76. The number of thiazole rings is 1. The fourth-order valence-electron chi connectivity index (χ4n) is 2.11. The van der Waals surface area contributed by atoms with Gasteiger partial charge in [-0.2, -0.15) is 0 Å². The van der Waals surface area contributed by atoms with Gasteiger partial charge in [0.25, 0.3) is 5.56 Å². The highest BCUT2D eigenvalue weighted by atomic mass is 32.1. The second kappa shape index (κ2) is 5.47. The molecule has 0 fully saturated rings. The third kappa shape index (κ3) is 2.54. The smallest absolute Gasteiger partial charge is 0.258 e. The second-order valence-electron chi connectivity index (χ2n) is 4.75. The molecule has 0 radical (unpaired) electrons. The summed E-state index contributed by atoms with van der Waals surface area (Å²) in [6, 6.07) is 6.14. The first-order valence-corrected chi connectivity index (χ1v) is 8.10. The van der Waals surface area contributed by atoms with Crippen LogP contribution < -0.4 is 5.56 Å². The molecule has 104 valence electrons. The molecule has 3 aromatic heterocycles. The van der Waals surface area contributed by atoms with Crippen LogP contribution >= 0.6 is 22.7 Å². The van der Waals surface area contributed by atoms with Crippen molar-refractivity contribution < 1.29 is 0 Å². The van der Waals surface area contributed by atoms with Gasteiger partial charge in [-0.1, -0.05) is 6.07 Å². The number of hydrogen-bond acceptors (Lipinski definition) is 5. The van der Waals surface area contributed by atoms with Crippen molar-refractivity contribution >= 4 is 27.6 Å². The molecular formula is C14H15N3OS2. The van der Waals surface area contributed by atoms with Crippen LogP contribution in [0.3, 0.4) is 0 Å². The summed E-state index contributed by atoms with van der Waals surface area (Å²) in [6.45, 7) is 2.84. The standard InChI is InChI=1S/C14H15N3OS2/c1-10(12-4-3-6-19-12)16(2)9-11-8-13(18)17-5-7-20-14(17)15-11/h3-8,10H,9H2,1-2H3. The predicted molar refractivity (Wildman–Crippen MR) is 83.5 cm³/mol. The van der Waals surface area contributed by atoms with Crippen LogP contribution in [-0.4, -0.2) is 21.3 Å². The summed E-state index contributed by atoms with van der Waals surface area (Å²) in [7, 11) is 2.06. The van der Waals surface area contributed by atoms with Gasteiger partial charge in [0.15, 0.2) is 4.96 Å². The zero-order chi connectivity index (χ0) is 14.1. The summed E-state index contributed by atoms with van der Waals surface area (Å²) in [4.78, 5) is 20.8. The first-order valence-electron chi connectivity index (χ1n) is 6.34. The lowest BCUT2D eigenvalue weighted by molar-refractivity contribution is 0.253. The summed E-state index contributed by atoms with van der Waals surface area (Å²) in [5.74, 6) is 0. The topological polar surface area (TPSA) is 37.6 Å². The van der Waals surface area contributed by atoms with E-state index in [2.05, 4.69) is 41.4 Å². The molecule has 1 unspecified atom stereocenters. The Balaban J connectivity index is 1.83. The van der Waals surface area contributed by atoms with Gasteiger partial charge in [0, 0.05) is 35.1 Å². The van der Waals surface area contributed by atoms with E-state index in [1.54, 1.807) is 28.0 Å². The summed E-state index contributed by atoms with van der Waals surface area (Å²) in [5.41, 5.74) is 0.812. The molecule has 3 aromatic rings. The molecule has 0 aliphatic rings. The third-order valence-electron chi connectivity index (χ3n) is 3.38. The number of thiophene rings is 1. The van der Waals surface area contributed by atoms with E-state index >= 15 is 0 Å². The van der Waals surface area contributed by atoms with Crippen LogP contribution in [0.25, 0.3) is 4.96 Å². The van der Waals surface area contributed by atoms with E-state index in [0.29, 0.717) is 12.6 Å². The average Bonchev–Trinajstić information content (AvgIpc) is 3.08. The van der Waals surface area contributed by atoms with Crippen LogP contribution in [0.4, 0.5) is 0 Å². The van der Waals surface area contributed by atoms with Gasteiger partial charge in [0.05, 0.1) is 5.69 Å². The van der Waals surface area contributed by atoms with Crippen LogP contribution in [-0.2, 0) is 6.54 Å². The van der Waals surface area contributed by atoms with E-state index in [1.165, 1.54) is 16.2 Å². The van der Waals surface area contributed by atoms with Gasteiger partial charge in [-0.3, -0.25) is 14.1 Å². The zero-order valence-electron chi connectivity index (χ0n) is 11.3. The van der Waals surface area contributed by atoms with Crippen molar-refractivity contribution in [1.82, 2.24) is 14.3 Å². The molecule has 0 bridgehead atoms. The Morgan fingerprint density at radius 1 is 1.40 bits per heavy atom. The first-order chi connectivity index (χ1) is 9.65. The second-order valence-corrected chi connectivity index (χ2v) is 6.60. The summed E-state index contributed by atoms with van der Waals surface area (Å²) in [5, 5.41) is 3.97. The van der Waals surface area contributed by atoms with Crippen molar-refractivity contribution in [2.24, 2.45) is 0 Å². The Morgan fingerprint density at radius 3 is 3.00 bits per heavy atom. The average molecular weight is 305 g/mol. The lowest BCUT2D eigenvalue weighted by atomic mass is 10.2. The molecule has 0 saturated carbocycles. The van der Waals surface area contributed by atoms with Gasteiger partial charge in [-0.05, 0) is 25.4 Å². The Kier molecular flexibility index (Phi) is 3.69. The Morgan fingerprint density at radius 2 is 2.25 bits per heavy atom. The van der Waals surface area contributed by atoms with Crippen molar-refractivity contribution in [2.75, 3.05) is 7.05 Å². The largest absolute Gasteiger partial charge is 0.293 e. The third-order valence-corrected chi connectivity index (χ3v) is 5.18. The highest BCUT2D eigenvalue weighted by molar-refractivity contribution is 7.15. The number of hydrogen-bond donors (Lipinski definition) is 0. The molecule has 20 heavy (non-hydrogen) atoms. The van der Waals surface area contributed by atoms with Crippen LogP contribution in [0.2, 0.25) is 0 Å². The maximum Gasteiger partial charge on any atom is 0.258 e. The van der Waals surface area contributed by atoms with Gasteiger partial charge in [0.1, 0.15) is 0 Å². The Hall–Kier alpha value is -1.50. The van der Waals surface area contributed by atoms with Crippen molar-refractivity contribution in [3.63, 3.8) is 0 Å². The quantitative estimate of drug-likeness (QED) is 0.743. The van der Waals surface area contributed by atoms with Crippen molar-refractivity contribution in [3.8, 4) is 0 Å².